The molecular weight excluding hydrogens is 394 g/mol. The number of nitrogens with zero attached hydrogens (tertiary/aromatic N) is 3. The zero-order valence-electron chi connectivity index (χ0n) is 16.5. The van der Waals surface area contributed by atoms with E-state index >= 15 is 0 Å². The van der Waals surface area contributed by atoms with Gasteiger partial charge in [-0.25, -0.2) is 4.79 Å². The zero-order valence-corrected chi connectivity index (χ0v) is 17.3. The average molecular weight is 420 g/mol. The highest BCUT2D eigenvalue weighted by molar-refractivity contribution is 7.99. The molecule has 10 heteroatoms. The molecule has 0 bridgehead atoms. The number of carbonyl (C=O) groups excluding carboxylic acids is 2. The van der Waals surface area contributed by atoms with Gasteiger partial charge in [0, 0.05) is 13.1 Å². The quantitative estimate of drug-likeness (QED) is 0.632. The monoisotopic (exact) mass is 419 g/mol. The van der Waals surface area contributed by atoms with Crippen LogP contribution in [-0.2, 0) is 18.4 Å². The molecule has 3 amide bonds. The Morgan fingerprint density at radius 3 is 2.55 bits per heavy atom. The van der Waals surface area contributed by atoms with Gasteiger partial charge in [-0.15, -0.1) is 10.2 Å². The van der Waals surface area contributed by atoms with Crippen LogP contribution >= 0.6 is 11.8 Å². The van der Waals surface area contributed by atoms with Crippen LogP contribution < -0.4 is 20.1 Å². The van der Waals surface area contributed by atoms with Crippen molar-refractivity contribution in [3.05, 3.63) is 30.1 Å². The summed E-state index contributed by atoms with van der Waals surface area (Å²) in [7, 11) is 3.41. The number of amides is 3. The molecule has 2 aromatic rings. The van der Waals surface area contributed by atoms with Crippen molar-refractivity contribution in [3.63, 3.8) is 0 Å². The van der Waals surface area contributed by atoms with Crippen LogP contribution in [0, 0.1) is 0 Å². The number of aromatic nitrogens is 3. The molecule has 0 saturated heterocycles. The molecule has 1 heterocycles. The molecule has 0 spiro atoms. The van der Waals surface area contributed by atoms with Crippen LogP contribution in [0.2, 0.25) is 0 Å². The topological polar surface area (TPSA) is 107 Å². The molecule has 1 aromatic carbocycles. The van der Waals surface area contributed by atoms with Gasteiger partial charge in [-0.3, -0.25) is 10.1 Å². The second-order valence-electron chi connectivity index (χ2n) is 6.71. The second kappa shape index (κ2) is 10.1. The number of carbonyl (C=O) groups is 2. The number of rotatable bonds is 8. The van der Waals surface area contributed by atoms with E-state index in [1.54, 1.807) is 18.7 Å². The lowest BCUT2D eigenvalue weighted by atomic mass is 10.2. The van der Waals surface area contributed by atoms with E-state index in [4.69, 9.17) is 9.47 Å². The third-order valence-corrected chi connectivity index (χ3v) is 5.65. The van der Waals surface area contributed by atoms with E-state index in [2.05, 4.69) is 20.8 Å². The molecule has 1 aromatic heterocycles. The minimum absolute atomic E-state index is 0.0728. The van der Waals surface area contributed by atoms with E-state index in [-0.39, 0.29) is 24.3 Å². The van der Waals surface area contributed by atoms with Gasteiger partial charge in [0.05, 0.1) is 12.9 Å². The molecule has 29 heavy (non-hydrogen) atoms. The Kier molecular flexibility index (Phi) is 7.34. The molecular formula is C19H25N5O4S. The molecule has 0 unspecified atom stereocenters. The molecule has 0 atom stereocenters. The van der Waals surface area contributed by atoms with Crippen LogP contribution in [-0.4, -0.2) is 45.6 Å². The van der Waals surface area contributed by atoms with Crippen molar-refractivity contribution in [1.82, 2.24) is 25.4 Å². The molecule has 2 N–H and O–H groups in total. The summed E-state index contributed by atoms with van der Waals surface area (Å²) in [5, 5.41) is 13.9. The Morgan fingerprint density at radius 1 is 1.17 bits per heavy atom. The first kappa shape index (κ1) is 21.0. The predicted molar refractivity (Wildman–Crippen MR) is 108 cm³/mol. The number of ether oxygens (including phenoxy) is 2. The first-order valence-corrected chi connectivity index (χ1v) is 10.4. The maximum Gasteiger partial charge on any atom is 0.321 e. The fraction of sp³-hybridized carbons (Fsp3) is 0.474. The van der Waals surface area contributed by atoms with Gasteiger partial charge in [-0.2, -0.15) is 0 Å². The van der Waals surface area contributed by atoms with E-state index in [1.807, 2.05) is 24.3 Å². The summed E-state index contributed by atoms with van der Waals surface area (Å²) in [5.74, 6) is 1.77. The highest BCUT2D eigenvalue weighted by Crippen LogP contribution is 2.20. The highest BCUT2D eigenvalue weighted by Gasteiger charge is 2.19. The largest absolute Gasteiger partial charge is 0.497 e. The molecule has 0 radical (unpaired) electrons. The number of urea groups is 1. The van der Waals surface area contributed by atoms with Crippen LogP contribution in [0.15, 0.2) is 29.4 Å². The summed E-state index contributed by atoms with van der Waals surface area (Å²) in [6.07, 6.45) is 4.17. The van der Waals surface area contributed by atoms with Gasteiger partial charge in [0.2, 0.25) is 5.91 Å². The Bertz CT molecular complexity index is 834. The molecule has 1 saturated carbocycles. The van der Waals surface area contributed by atoms with Crippen molar-refractivity contribution >= 4 is 23.7 Å². The average Bonchev–Trinajstić information content (AvgIpc) is 3.35. The van der Waals surface area contributed by atoms with E-state index in [0.29, 0.717) is 16.7 Å². The standard InChI is InChI=1S/C19H25N5O4S/c1-24-16(11-28-15-9-7-14(27-2)8-10-15)22-23-19(24)29-12-17(25)21-18(26)20-13-5-3-4-6-13/h7-10,13H,3-6,11-12H2,1-2H3,(H2,20,21,25,26). The molecule has 0 aliphatic heterocycles. The predicted octanol–water partition coefficient (Wildman–Crippen LogP) is 2.26. The summed E-state index contributed by atoms with van der Waals surface area (Å²) >= 11 is 1.21. The first-order chi connectivity index (χ1) is 14.0. The third-order valence-electron chi connectivity index (χ3n) is 4.63. The van der Waals surface area contributed by atoms with Crippen LogP contribution in [0.3, 0.4) is 0 Å². The summed E-state index contributed by atoms with van der Waals surface area (Å²) in [6, 6.07) is 6.98. The van der Waals surface area contributed by atoms with Crippen LogP contribution in [0.1, 0.15) is 31.5 Å². The maximum atomic E-state index is 12.0. The lowest BCUT2D eigenvalue weighted by Gasteiger charge is -2.12. The second-order valence-corrected chi connectivity index (χ2v) is 7.66. The lowest BCUT2D eigenvalue weighted by molar-refractivity contribution is -0.117. The van der Waals surface area contributed by atoms with Gasteiger partial charge in [-0.1, -0.05) is 24.6 Å². The van der Waals surface area contributed by atoms with Crippen LogP contribution in [0.5, 0.6) is 11.5 Å². The van der Waals surface area contributed by atoms with E-state index < -0.39 is 6.03 Å². The SMILES string of the molecule is COc1ccc(OCc2nnc(SCC(=O)NC(=O)NC3CCCC3)n2C)cc1. The van der Waals surface area contributed by atoms with E-state index in [0.717, 1.165) is 31.4 Å². The fourth-order valence-corrected chi connectivity index (χ4v) is 3.73. The van der Waals surface area contributed by atoms with Crippen molar-refractivity contribution in [1.29, 1.82) is 0 Å². The summed E-state index contributed by atoms with van der Waals surface area (Å²) in [6.45, 7) is 0.242. The Balaban J connectivity index is 1.43. The van der Waals surface area contributed by atoms with Gasteiger partial charge < -0.3 is 19.4 Å². The maximum absolute atomic E-state index is 12.0. The van der Waals surface area contributed by atoms with Gasteiger partial charge in [0.25, 0.3) is 0 Å². The summed E-state index contributed by atoms with van der Waals surface area (Å²) < 4.78 is 12.6. The Morgan fingerprint density at radius 2 is 1.86 bits per heavy atom. The van der Waals surface area contributed by atoms with Gasteiger partial charge in [-0.05, 0) is 37.1 Å². The van der Waals surface area contributed by atoms with Gasteiger partial charge in [0.15, 0.2) is 11.0 Å². The zero-order chi connectivity index (χ0) is 20.6. The minimum atomic E-state index is -0.436. The smallest absolute Gasteiger partial charge is 0.321 e. The van der Waals surface area contributed by atoms with Crippen molar-refractivity contribution in [2.75, 3.05) is 12.9 Å². The Labute approximate surface area is 173 Å². The van der Waals surface area contributed by atoms with Gasteiger partial charge >= 0.3 is 6.03 Å². The molecule has 1 aliphatic rings. The third kappa shape index (κ3) is 6.11. The molecule has 1 aliphatic carbocycles. The van der Waals surface area contributed by atoms with E-state index in [9.17, 15) is 9.59 Å². The van der Waals surface area contributed by atoms with Crippen molar-refractivity contribution in [2.45, 2.75) is 43.5 Å². The summed E-state index contributed by atoms with van der Waals surface area (Å²) in [5.41, 5.74) is 0. The number of methoxy groups -OCH3 is 1. The first-order valence-electron chi connectivity index (χ1n) is 9.43. The van der Waals surface area contributed by atoms with Crippen LogP contribution in [0.4, 0.5) is 4.79 Å². The van der Waals surface area contributed by atoms with Crippen molar-refractivity contribution in [2.24, 2.45) is 7.05 Å². The lowest BCUT2D eigenvalue weighted by Crippen LogP contribution is -2.44. The Hall–Kier alpha value is -2.75. The number of hydrogen-bond donors (Lipinski definition) is 2. The minimum Gasteiger partial charge on any atom is -0.497 e. The van der Waals surface area contributed by atoms with E-state index in [1.165, 1.54) is 11.8 Å². The number of imide groups is 1. The molecule has 1 fully saturated rings. The fourth-order valence-electron chi connectivity index (χ4n) is 3.00. The molecule has 3 rings (SSSR count). The molecule has 9 nitrogen and oxygen atoms in total. The summed E-state index contributed by atoms with van der Waals surface area (Å²) in [4.78, 5) is 23.8. The van der Waals surface area contributed by atoms with Crippen molar-refractivity contribution in [3.8, 4) is 11.5 Å². The number of benzene rings is 1. The van der Waals surface area contributed by atoms with Crippen LogP contribution in [0.25, 0.3) is 0 Å². The molecule has 156 valence electrons. The van der Waals surface area contributed by atoms with Crippen molar-refractivity contribution < 1.29 is 19.1 Å². The highest BCUT2D eigenvalue weighted by atomic mass is 32.2. The number of thioether (sulfide) groups is 1. The van der Waals surface area contributed by atoms with Gasteiger partial charge in [0.1, 0.15) is 18.1 Å². The number of hydrogen-bond acceptors (Lipinski definition) is 7. The number of nitrogens with one attached hydrogen (secondary N) is 2. The normalized spacial score (nSPS) is 13.9.